The average Bonchev–Trinajstić information content (AvgIpc) is 2.47. The van der Waals surface area contributed by atoms with Crippen molar-refractivity contribution >= 4 is 11.8 Å². The van der Waals surface area contributed by atoms with Gasteiger partial charge in [0.25, 0.3) is 0 Å². The first-order chi connectivity index (χ1) is 9.56. The Labute approximate surface area is 114 Å². The summed E-state index contributed by atoms with van der Waals surface area (Å²) in [5.74, 6) is -0.871. The molecule has 0 saturated heterocycles. The van der Waals surface area contributed by atoms with E-state index >= 15 is 0 Å². The Morgan fingerprint density at radius 1 is 1.35 bits per heavy atom. The molecule has 0 saturated carbocycles. The van der Waals surface area contributed by atoms with Crippen molar-refractivity contribution in [2.45, 2.75) is 0 Å². The van der Waals surface area contributed by atoms with E-state index in [4.69, 9.17) is 10.5 Å². The van der Waals surface area contributed by atoms with Crippen LogP contribution in [0.1, 0.15) is 10.5 Å². The number of methoxy groups -OCH3 is 2. The largest absolute Gasteiger partial charge is 0.497 e. The predicted octanol–water partition coefficient (Wildman–Crippen LogP) is 1.66. The maximum Gasteiger partial charge on any atom is 0.360 e. The van der Waals surface area contributed by atoms with Gasteiger partial charge in [0.1, 0.15) is 11.6 Å². The highest BCUT2D eigenvalue weighted by atomic mass is 19.1. The van der Waals surface area contributed by atoms with Crippen molar-refractivity contribution in [1.82, 2.24) is 9.97 Å². The highest BCUT2D eigenvalue weighted by Gasteiger charge is 2.16. The molecule has 0 aliphatic heterocycles. The second-order valence-electron chi connectivity index (χ2n) is 3.83. The SMILES string of the molecule is COC(=O)c1nc(-c2cc(OC)ccc2F)cnc1N. The second-order valence-corrected chi connectivity index (χ2v) is 3.83. The van der Waals surface area contributed by atoms with E-state index in [2.05, 4.69) is 14.7 Å². The van der Waals surface area contributed by atoms with Gasteiger partial charge in [-0.15, -0.1) is 0 Å². The van der Waals surface area contributed by atoms with E-state index in [-0.39, 0.29) is 22.8 Å². The fourth-order valence-corrected chi connectivity index (χ4v) is 1.60. The van der Waals surface area contributed by atoms with E-state index in [0.29, 0.717) is 5.75 Å². The van der Waals surface area contributed by atoms with Crippen LogP contribution in [0.25, 0.3) is 11.3 Å². The molecule has 6 nitrogen and oxygen atoms in total. The minimum absolute atomic E-state index is 0.0797. The molecule has 0 aliphatic rings. The standard InChI is InChI=1S/C13H12FN3O3/c1-19-7-3-4-9(14)8(5-7)10-6-16-12(15)11(17-10)13(18)20-2/h3-6H,1-2H3,(H2,15,16). The zero-order valence-corrected chi connectivity index (χ0v) is 10.9. The van der Waals surface area contributed by atoms with Gasteiger partial charge in [-0.2, -0.15) is 0 Å². The van der Waals surface area contributed by atoms with Gasteiger partial charge in [0.2, 0.25) is 0 Å². The summed E-state index contributed by atoms with van der Waals surface area (Å²) in [6.07, 6.45) is 1.28. The smallest absolute Gasteiger partial charge is 0.360 e. The summed E-state index contributed by atoms with van der Waals surface area (Å²) in [6.45, 7) is 0. The molecule has 0 spiro atoms. The number of carbonyl (C=O) groups is 1. The zero-order valence-electron chi connectivity index (χ0n) is 10.9. The molecule has 0 bridgehead atoms. The maximum absolute atomic E-state index is 13.8. The van der Waals surface area contributed by atoms with Gasteiger partial charge in [0.15, 0.2) is 11.5 Å². The molecule has 0 atom stereocenters. The van der Waals surface area contributed by atoms with Crippen LogP contribution in [0.15, 0.2) is 24.4 Å². The van der Waals surface area contributed by atoms with E-state index in [0.717, 1.165) is 0 Å². The lowest BCUT2D eigenvalue weighted by molar-refractivity contribution is 0.0595. The van der Waals surface area contributed by atoms with Crippen LogP contribution in [0.2, 0.25) is 0 Å². The molecule has 0 unspecified atom stereocenters. The van der Waals surface area contributed by atoms with Crippen molar-refractivity contribution in [3.63, 3.8) is 0 Å². The summed E-state index contributed by atoms with van der Waals surface area (Å²) in [7, 11) is 2.66. The lowest BCUT2D eigenvalue weighted by Crippen LogP contribution is -2.10. The number of rotatable bonds is 3. The van der Waals surface area contributed by atoms with E-state index in [1.807, 2.05) is 0 Å². The molecular weight excluding hydrogens is 265 g/mol. The summed E-state index contributed by atoms with van der Waals surface area (Å²) in [6, 6.07) is 4.17. The van der Waals surface area contributed by atoms with Gasteiger partial charge in [0.05, 0.1) is 26.1 Å². The van der Waals surface area contributed by atoms with Gasteiger partial charge in [-0.05, 0) is 18.2 Å². The molecule has 2 N–H and O–H groups in total. The number of halogens is 1. The molecule has 0 fully saturated rings. The molecule has 0 radical (unpaired) electrons. The third kappa shape index (κ3) is 2.51. The van der Waals surface area contributed by atoms with Gasteiger partial charge < -0.3 is 15.2 Å². The predicted molar refractivity (Wildman–Crippen MR) is 69.7 cm³/mol. The molecule has 1 aromatic carbocycles. The number of nitrogen functional groups attached to an aromatic ring is 1. The Bertz CT molecular complexity index is 661. The Balaban J connectivity index is 2.56. The summed E-state index contributed by atoms with van der Waals surface area (Å²) in [5.41, 5.74) is 5.70. The molecular formula is C13H12FN3O3. The number of nitrogens with two attached hydrogens (primary N) is 1. The molecule has 20 heavy (non-hydrogen) atoms. The van der Waals surface area contributed by atoms with Gasteiger partial charge in [-0.25, -0.2) is 19.2 Å². The van der Waals surface area contributed by atoms with Gasteiger partial charge in [-0.3, -0.25) is 0 Å². The normalized spacial score (nSPS) is 10.2. The summed E-state index contributed by atoms with van der Waals surface area (Å²) in [5, 5.41) is 0. The first kappa shape index (κ1) is 13.7. The van der Waals surface area contributed by atoms with Crippen molar-refractivity contribution in [1.29, 1.82) is 0 Å². The molecule has 1 heterocycles. The Kier molecular flexibility index (Phi) is 3.79. The first-order valence-electron chi connectivity index (χ1n) is 5.61. The monoisotopic (exact) mass is 277 g/mol. The average molecular weight is 277 g/mol. The fourth-order valence-electron chi connectivity index (χ4n) is 1.60. The van der Waals surface area contributed by atoms with Crippen LogP contribution in [0, 0.1) is 5.82 Å². The minimum Gasteiger partial charge on any atom is -0.497 e. The zero-order chi connectivity index (χ0) is 14.7. The molecule has 0 amide bonds. The van der Waals surface area contributed by atoms with Crippen molar-refractivity contribution in [2.24, 2.45) is 0 Å². The summed E-state index contributed by atoms with van der Waals surface area (Å²) < 4.78 is 23.4. The topological polar surface area (TPSA) is 87.3 Å². The molecule has 104 valence electrons. The van der Waals surface area contributed by atoms with Crippen LogP contribution in [0.3, 0.4) is 0 Å². The second kappa shape index (κ2) is 5.52. The number of hydrogen-bond donors (Lipinski definition) is 1. The van der Waals surface area contributed by atoms with Crippen molar-refractivity contribution < 1.29 is 18.7 Å². The van der Waals surface area contributed by atoms with Gasteiger partial charge in [-0.1, -0.05) is 0 Å². The van der Waals surface area contributed by atoms with Crippen LogP contribution in [-0.2, 0) is 4.74 Å². The van der Waals surface area contributed by atoms with Crippen LogP contribution in [0.4, 0.5) is 10.2 Å². The number of carbonyl (C=O) groups excluding carboxylic acids is 1. The van der Waals surface area contributed by atoms with E-state index in [1.54, 1.807) is 0 Å². The number of benzene rings is 1. The fraction of sp³-hybridized carbons (Fsp3) is 0.154. The van der Waals surface area contributed by atoms with Crippen LogP contribution >= 0.6 is 0 Å². The van der Waals surface area contributed by atoms with Crippen LogP contribution in [-0.4, -0.2) is 30.2 Å². The number of ether oxygens (including phenoxy) is 2. The molecule has 1 aromatic heterocycles. The highest BCUT2D eigenvalue weighted by Crippen LogP contribution is 2.26. The molecule has 2 aromatic rings. The number of hydrogen-bond acceptors (Lipinski definition) is 6. The number of nitrogens with zero attached hydrogens (tertiary/aromatic N) is 2. The molecule has 2 rings (SSSR count). The Morgan fingerprint density at radius 3 is 2.75 bits per heavy atom. The lowest BCUT2D eigenvalue weighted by atomic mass is 10.1. The Hall–Kier alpha value is -2.70. The van der Waals surface area contributed by atoms with Crippen LogP contribution in [0.5, 0.6) is 5.75 Å². The van der Waals surface area contributed by atoms with Gasteiger partial charge in [0, 0.05) is 5.56 Å². The number of esters is 1. The van der Waals surface area contributed by atoms with Crippen LogP contribution < -0.4 is 10.5 Å². The summed E-state index contributed by atoms with van der Waals surface area (Å²) >= 11 is 0. The van der Waals surface area contributed by atoms with Crippen molar-refractivity contribution in [3.8, 4) is 17.0 Å². The summed E-state index contributed by atoms with van der Waals surface area (Å²) in [4.78, 5) is 19.3. The van der Waals surface area contributed by atoms with Crippen molar-refractivity contribution in [3.05, 3.63) is 35.9 Å². The Morgan fingerprint density at radius 2 is 2.10 bits per heavy atom. The maximum atomic E-state index is 13.8. The lowest BCUT2D eigenvalue weighted by Gasteiger charge is -2.08. The third-order valence-corrected chi connectivity index (χ3v) is 2.63. The van der Waals surface area contributed by atoms with E-state index < -0.39 is 11.8 Å². The number of aromatic nitrogens is 2. The van der Waals surface area contributed by atoms with E-state index in [9.17, 15) is 9.18 Å². The molecule has 0 aliphatic carbocycles. The number of anilines is 1. The van der Waals surface area contributed by atoms with Gasteiger partial charge >= 0.3 is 5.97 Å². The van der Waals surface area contributed by atoms with Crippen molar-refractivity contribution in [2.75, 3.05) is 20.0 Å². The minimum atomic E-state index is -0.736. The third-order valence-electron chi connectivity index (χ3n) is 2.63. The quantitative estimate of drug-likeness (QED) is 0.858. The molecule has 7 heteroatoms. The first-order valence-corrected chi connectivity index (χ1v) is 5.61. The van der Waals surface area contributed by atoms with E-state index in [1.165, 1.54) is 38.6 Å². The highest BCUT2D eigenvalue weighted by molar-refractivity contribution is 5.92.